The number of carbonyl (C=O) groups excluding carboxylic acids is 2. The molecule has 2 amide bonds. The molecular formula is C17H15Cl2N3O3. The molecule has 0 aliphatic heterocycles. The molecule has 0 radical (unpaired) electrons. The van der Waals surface area contributed by atoms with Crippen LogP contribution in [-0.2, 0) is 16.0 Å². The molecule has 0 atom stereocenters. The molecule has 0 aliphatic rings. The van der Waals surface area contributed by atoms with Crippen molar-refractivity contribution in [3.63, 3.8) is 0 Å². The lowest BCUT2D eigenvalue weighted by Crippen LogP contribution is -2.32. The molecule has 0 bridgehead atoms. The predicted molar refractivity (Wildman–Crippen MR) is 98.3 cm³/mol. The number of hydrogen-bond acceptors (Lipinski definition) is 4. The van der Waals surface area contributed by atoms with Crippen molar-refractivity contribution in [2.75, 3.05) is 5.32 Å². The number of nitrogens with zero attached hydrogens (tertiary/aromatic N) is 1. The summed E-state index contributed by atoms with van der Waals surface area (Å²) < 4.78 is 0. The second-order valence-corrected chi connectivity index (χ2v) is 5.85. The molecule has 2 aromatic carbocycles. The highest BCUT2D eigenvalue weighted by Crippen LogP contribution is 2.32. The number of nitrogens with one attached hydrogen (secondary N) is 2. The number of aryl methyl sites for hydroxylation is 1. The minimum atomic E-state index is -0.924. The van der Waals surface area contributed by atoms with Gasteiger partial charge >= 0.3 is 11.8 Å². The second kappa shape index (κ2) is 8.50. The van der Waals surface area contributed by atoms with Crippen molar-refractivity contribution in [1.29, 1.82) is 0 Å². The van der Waals surface area contributed by atoms with Gasteiger partial charge in [-0.25, -0.2) is 5.43 Å². The second-order valence-electron chi connectivity index (χ2n) is 5.04. The van der Waals surface area contributed by atoms with Crippen molar-refractivity contribution in [1.82, 2.24) is 5.43 Å². The Morgan fingerprint density at radius 3 is 2.28 bits per heavy atom. The van der Waals surface area contributed by atoms with Gasteiger partial charge in [-0.1, -0.05) is 42.3 Å². The number of phenolic OH excluding ortho intramolecular Hbond substituents is 1. The zero-order valence-electron chi connectivity index (χ0n) is 13.2. The predicted octanol–water partition coefficient (Wildman–Crippen LogP) is 3.35. The monoisotopic (exact) mass is 379 g/mol. The summed E-state index contributed by atoms with van der Waals surface area (Å²) in [5.41, 5.74) is 4.18. The first-order valence-corrected chi connectivity index (χ1v) is 8.07. The Kier molecular flexibility index (Phi) is 6.38. The van der Waals surface area contributed by atoms with Gasteiger partial charge < -0.3 is 10.4 Å². The first kappa shape index (κ1) is 18.8. The van der Waals surface area contributed by atoms with Crippen molar-refractivity contribution in [3.05, 3.63) is 57.6 Å². The Balaban J connectivity index is 1.93. The van der Waals surface area contributed by atoms with Crippen LogP contribution in [0, 0.1) is 0 Å². The molecule has 0 saturated heterocycles. The van der Waals surface area contributed by atoms with Crippen LogP contribution >= 0.6 is 23.2 Å². The number of hydrogen-bond donors (Lipinski definition) is 3. The van der Waals surface area contributed by atoms with Gasteiger partial charge in [-0.05, 0) is 41.8 Å². The molecular weight excluding hydrogens is 365 g/mol. The van der Waals surface area contributed by atoms with E-state index in [9.17, 15) is 14.7 Å². The Morgan fingerprint density at radius 1 is 1.12 bits per heavy atom. The fourth-order valence-corrected chi connectivity index (χ4v) is 2.39. The third kappa shape index (κ3) is 5.20. The fourth-order valence-electron chi connectivity index (χ4n) is 1.89. The van der Waals surface area contributed by atoms with Gasteiger partial charge in [0.15, 0.2) is 5.75 Å². The van der Waals surface area contributed by atoms with Crippen molar-refractivity contribution in [2.45, 2.75) is 13.3 Å². The minimum Gasteiger partial charge on any atom is -0.505 e. The number of rotatable bonds is 4. The maximum Gasteiger partial charge on any atom is 0.329 e. The highest BCUT2D eigenvalue weighted by atomic mass is 35.5. The zero-order valence-corrected chi connectivity index (χ0v) is 14.7. The third-order valence-corrected chi connectivity index (χ3v) is 3.82. The normalized spacial score (nSPS) is 10.7. The highest BCUT2D eigenvalue weighted by molar-refractivity contribution is 6.39. The largest absolute Gasteiger partial charge is 0.505 e. The molecule has 0 fully saturated rings. The number of anilines is 1. The van der Waals surface area contributed by atoms with E-state index in [-0.39, 0.29) is 15.8 Å². The lowest BCUT2D eigenvalue weighted by atomic mass is 10.1. The SMILES string of the molecule is CCc1ccc(NC(=O)C(=O)N/N=C/c2cc(Cl)c(O)c(Cl)c2)cc1. The molecule has 3 N–H and O–H groups in total. The van der Waals surface area contributed by atoms with E-state index in [0.717, 1.165) is 12.0 Å². The average Bonchev–Trinajstić information content (AvgIpc) is 2.60. The number of aromatic hydroxyl groups is 1. The lowest BCUT2D eigenvalue weighted by molar-refractivity contribution is -0.136. The van der Waals surface area contributed by atoms with Gasteiger partial charge in [0.2, 0.25) is 0 Å². The molecule has 25 heavy (non-hydrogen) atoms. The number of carbonyl (C=O) groups is 2. The van der Waals surface area contributed by atoms with Gasteiger partial charge in [-0.3, -0.25) is 9.59 Å². The molecule has 8 heteroatoms. The summed E-state index contributed by atoms with van der Waals surface area (Å²) in [7, 11) is 0. The van der Waals surface area contributed by atoms with Crippen LogP contribution in [-0.4, -0.2) is 23.1 Å². The van der Waals surface area contributed by atoms with E-state index in [2.05, 4.69) is 15.8 Å². The van der Waals surface area contributed by atoms with E-state index < -0.39 is 11.8 Å². The summed E-state index contributed by atoms with van der Waals surface area (Å²) in [5, 5.41) is 15.7. The van der Waals surface area contributed by atoms with Gasteiger partial charge in [0.25, 0.3) is 0 Å². The standard InChI is InChI=1S/C17H15Cl2N3O3/c1-2-10-3-5-12(6-4-10)21-16(24)17(25)22-20-9-11-7-13(18)15(23)14(19)8-11/h3-9,23H,2H2,1H3,(H,21,24)(H,22,25)/b20-9+. The molecule has 0 heterocycles. The molecule has 130 valence electrons. The first-order valence-electron chi connectivity index (χ1n) is 7.32. The van der Waals surface area contributed by atoms with E-state index in [1.807, 2.05) is 19.1 Å². The molecule has 2 aromatic rings. The molecule has 2 rings (SSSR count). The average molecular weight is 380 g/mol. The van der Waals surface area contributed by atoms with Crippen LogP contribution < -0.4 is 10.7 Å². The third-order valence-electron chi connectivity index (χ3n) is 3.25. The van der Waals surface area contributed by atoms with Crippen LogP contribution in [0.15, 0.2) is 41.5 Å². The topological polar surface area (TPSA) is 90.8 Å². The summed E-state index contributed by atoms with van der Waals surface area (Å²) in [4.78, 5) is 23.5. The van der Waals surface area contributed by atoms with Crippen LogP contribution in [0.4, 0.5) is 5.69 Å². The van der Waals surface area contributed by atoms with Crippen LogP contribution in [0.3, 0.4) is 0 Å². The minimum absolute atomic E-state index is 0.0496. The van der Waals surface area contributed by atoms with E-state index in [0.29, 0.717) is 11.3 Å². The summed E-state index contributed by atoms with van der Waals surface area (Å²) >= 11 is 11.6. The van der Waals surface area contributed by atoms with Crippen LogP contribution in [0.2, 0.25) is 10.0 Å². The molecule has 0 spiro atoms. The number of phenols is 1. The Bertz CT molecular complexity index is 797. The lowest BCUT2D eigenvalue weighted by Gasteiger charge is -2.05. The molecule has 0 aromatic heterocycles. The van der Waals surface area contributed by atoms with E-state index in [1.54, 1.807) is 12.1 Å². The Labute approximate surface area is 154 Å². The first-order chi connectivity index (χ1) is 11.9. The summed E-state index contributed by atoms with van der Waals surface area (Å²) in [5.74, 6) is -2.01. The summed E-state index contributed by atoms with van der Waals surface area (Å²) in [6, 6.07) is 9.98. The van der Waals surface area contributed by atoms with Crippen molar-refractivity contribution < 1.29 is 14.7 Å². The number of halogens is 2. The summed E-state index contributed by atoms with van der Waals surface area (Å²) in [6.45, 7) is 2.02. The Morgan fingerprint density at radius 2 is 1.72 bits per heavy atom. The van der Waals surface area contributed by atoms with E-state index >= 15 is 0 Å². The van der Waals surface area contributed by atoms with E-state index in [4.69, 9.17) is 23.2 Å². The van der Waals surface area contributed by atoms with Crippen LogP contribution in [0.5, 0.6) is 5.75 Å². The van der Waals surface area contributed by atoms with E-state index in [1.165, 1.54) is 18.3 Å². The smallest absolute Gasteiger partial charge is 0.329 e. The van der Waals surface area contributed by atoms with Crippen LogP contribution in [0.25, 0.3) is 0 Å². The van der Waals surface area contributed by atoms with Crippen LogP contribution in [0.1, 0.15) is 18.1 Å². The van der Waals surface area contributed by atoms with Gasteiger partial charge in [-0.2, -0.15) is 5.10 Å². The number of amides is 2. The molecule has 0 aliphatic carbocycles. The van der Waals surface area contributed by atoms with Crippen molar-refractivity contribution >= 4 is 46.9 Å². The number of hydrazone groups is 1. The van der Waals surface area contributed by atoms with Gasteiger partial charge in [-0.15, -0.1) is 0 Å². The van der Waals surface area contributed by atoms with Crippen molar-refractivity contribution in [2.24, 2.45) is 5.10 Å². The fraction of sp³-hybridized carbons (Fsp3) is 0.118. The van der Waals surface area contributed by atoms with Gasteiger partial charge in [0.1, 0.15) is 0 Å². The molecule has 0 unspecified atom stereocenters. The Hall–Kier alpha value is -2.57. The van der Waals surface area contributed by atoms with Crippen molar-refractivity contribution in [3.8, 4) is 5.75 Å². The molecule has 0 saturated carbocycles. The maximum absolute atomic E-state index is 11.8. The quantitative estimate of drug-likeness (QED) is 0.432. The molecule has 6 nitrogen and oxygen atoms in total. The van der Waals surface area contributed by atoms with Gasteiger partial charge in [0, 0.05) is 5.69 Å². The maximum atomic E-state index is 11.8. The van der Waals surface area contributed by atoms with Gasteiger partial charge in [0.05, 0.1) is 16.3 Å². The summed E-state index contributed by atoms with van der Waals surface area (Å²) in [6.07, 6.45) is 2.13. The number of benzene rings is 2. The highest BCUT2D eigenvalue weighted by Gasteiger charge is 2.13. The zero-order chi connectivity index (χ0) is 18.4.